The number of piperazine rings is 1. The molecular formula is C21H37FIN5O. The average Bonchev–Trinajstić information content (AvgIpc) is 2.71. The minimum Gasteiger partial charge on any atom is -0.489 e. The van der Waals surface area contributed by atoms with E-state index in [9.17, 15) is 4.39 Å². The van der Waals surface area contributed by atoms with Gasteiger partial charge in [0.05, 0.1) is 13.1 Å². The lowest BCUT2D eigenvalue weighted by Gasteiger charge is -2.37. The minimum atomic E-state index is -0.259. The highest BCUT2D eigenvalue weighted by molar-refractivity contribution is 14.0. The van der Waals surface area contributed by atoms with E-state index in [0.29, 0.717) is 18.3 Å². The van der Waals surface area contributed by atoms with E-state index in [1.54, 1.807) is 12.1 Å². The summed E-state index contributed by atoms with van der Waals surface area (Å²) in [6.45, 7) is 16.3. The third-order valence-electron chi connectivity index (χ3n) is 5.04. The lowest BCUT2D eigenvalue weighted by atomic mass is 10.2. The van der Waals surface area contributed by atoms with Crippen molar-refractivity contribution in [3.8, 4) is 5.75 Å². The Hall–Kier alpha value is -1.13. The van der Waals surface area contributed by atoms with Gasteiger partial charge in [0, 0.05) is 38.8 Å². The van der Waals surface area contributed by atoms with E-state index in [1.807, 2.05) is 6.92 Å². The molecule has 6 nitrogen and oxygen atoms in total. The van der Waals surface area contributed by atoms with E-state index >= 15 is 0 Å². The van der Waals surface area contributed by atoms with Crippen LogP contribution in [0.15, 0.2) is 29.3 Å². The van der Waals surface area contributed by atoms with Gasteiger partial charge in [0.25, 0.3) is 0 Å². The second kappa shape index (κ2) is 14.0. The normalized spacial score (nSPS) is 17.9. The Morgan fingerprint density at radius 3 is 2.34 bits per heavy atom. The summed E-state index contributed by atoms with van der Waals surface area (Å²) in [6.07, 6.45) is -0.0612. The first-order valence-corrected chi connectivity index (χ1v) is 10.4. The fourth-order valence-electron chi connectivity index (χ4n) is 3.23. The molecule has 0 radical (unpaired) electrons. The number of hydrogen-bond donors (Lipinski definition) is 2. The molecule has 0 aliphatic carbocycles. The lowest BCUT2D eigenvalue weighted by molar-refractivity contribution is 0.109. The maximum absolute atomic E-state index is 13.0. The second-order valence-corrected chi connectivity index (χ2v) is 7.30. The second-order valence-electron chi connectivity index (χ2n) is 7.30. The van der Waals surface area contributed by atoms with Gasteiger partial charge in [0.1, 0.15) is 17.7 Å². The first-order valence-electron chi connectivity index (χ1n) is 10.4. The molecule has 2 rings (SSSR count). The van der Waals surface area contributed by atoms with Crippen molar-refractivity contribution in [1.29, 1.82) is 0 Å². The number of hydrogen-bond acceptors (Lipinski definition) is 4. The van der Waals surface area contributed by atoms with Crippen molar-refractivity contribution < 1.29 is 9.13 Å². The largest absolute Gasteiger partial charge is 0.489 e. The Morgan fingerprint density at radius 1 is 1.10 bits per heavy atom. The number of aliphatic imine (C=N–C) groups is 1. The first-order chi connectivity index (χ1) is 13.5. The van der Waals surface area contributed by atoms with Crippen LogP contribution >= 0.6 is 24.0 Å². The van der Waals surface area contributed by atoms with Crippen molar-refractivity contribution in [1.82, 2.24) is 20.4 Å². The molecular weight excluding hydrogens is 484 g/mol. The van der Waals surface area contributed by atoms with Crippen LogP contribution in [0, 0.1) is 5.82 Å². The Morgan fingerprint density at radius 2 is 1.76 bits per heavy atom. The molecule has 0 aromatic heterocycles. The van der Waals surface area contributed by atoms with Crippen molar-refractivity contribution in [2.45, 2.75) is 39.8 Å². The molecule has 29 heavy (non-hydrogen) atoms. The molecule has 1 heterocycles. The molecule has 2 unspecified atom stereocenters. The summed E-state index contributed by atoms with van der Waals surface area (Å²) in [5.41, 5.74) is 0. The highest BCUT2D eigenvalue weighted by atomic mass is 127. The number of benzene rings is 1. The molecule has 8 heteroatoms. The highest BCUT2D eigenvalue weighted by Gasteiger charge is 2.20. The maximum Gasteiger partial charge on any atom is 0.191 e. The smallest absolute Gasteiger partial charge is 0.191 e. The van der Waals surface area contributed by atoms with Crippen LogP contribution in [0.4, 0.5) is 4.39 Å². The van der Waals surface area contributed by atoms with Crippen LogP contribution in [0.1, 0.15) is 27.7 Å². The zero-order valence-electron chi connectivity index (χ0n) is 18.2. The summed E-state index contributed by atoms with van der Waals surface area (Å²) in [6, 6.07) is 6.52. The number of nitrogens with one attached hydrogen (secondary N) is 2. The summed E-state index contributed by atoms with van der Waals surface area (Å²) in [5, 5.41) is 6.63. The van der Waals surface area contributed by atoms with Crippen molar-refractivity contribution in [3.05, 3.63) is 30.1 Å². The standard InChI is InChI=1S/C21H36FN5O.HI/c1-5-23-21(24-15-17(3)27-13-11-26(6-2)12-14-27)25-16-18(4)28-20-9-7-19(22)8-10-20;/h7-10,17-18H,5-6,11-16H2,1-4H3,(H2,23,24,25);1H. The zero-order chi connectivity index (χ0) is 20.4. The van der Waals surface area contributed by atoms with Gasteiger partial charge in [-0.05, 0) is 51.6 Å². The van der Waals surface area contributed by atoms with E-state index in [1.165, 1.54) is 12.1 Å². The van der Waals surface area contributed by atoms with Crippen molar-refractivity contribution in [3.63, 3.8) is 0 Å². The maximum atomic E-state index is 13.0. The summed E-state index contributed by atoms with van der Waals surface area (Å²) in [5.74, 6) is 1.21. The number of halogens is 2. The predicted octanol–water partition coefficient (Wildman–Crippen LogP) is 2.79. The number of rotatable bonds is 9. The van der Waals surface area contributed by atoms with E-state index in [4.69, 9.17) is 9.73 Å². The third kappa shape index (κ3) is 9.48. The van der Waals surface area contributed by atoms with Gasteiger partial charge in [-0.1, -0.05) is 6.92 Å². The van der Waals surface area contributed by atoms with Gasteiger partial charge >= 0.3 is 0 Å². The SMILES string of the molecule is CCNC(=NCC(C)N1CCN(CC)CC1)NCC(C)Oc1ccc(F)cc1.I. The summed E-state index contributed by atoms with van der Waals surface area (Å²) >= 11 is 0. The molecule has 2 atom stereocenters. The van der Waals surface area contributed by atoms with Crippen LogP contribution in [0.2, 0.25) is 0 Å². The van der Waals surface area contributed by atoms with Crippen LogP contribution in [0.3, 0.4) is 0 Å². The highest BCUT2D eigenvalue weighted by Crippen LogP contribution is 2.12. The average molecular weight is 521 g/mol. The van der Waals surface area contributed by atoms with Gasteiger partial charge in [-0.3, -0.25) is 9.89 Å². The van der Waals surface area contributed by atoms with Gasteiger partial charge in [-0.15, -0.1) is 24.0 Å². The molecule has 1 aromatic rings. The fraction of sp³-hybridized carbons (Fsp3) is 0.667. The Bertz CT molecular complexity index is 593. The van der Waals surface area contributed by atoms with E-state index in [2.05, 4.69) is 41.2 Å². The van der Waals surface area contributed by atoms with Gasteiger partial charge in [-0.2, -0.15) is 0 Å². The monoisotopic (exact) mass is 521 g/mol. The van der Waals surface area contributed by atoms with Crippen molar-refractivity contribution in [2.24, 2.45) is 4.99 Å². The van der Waals surface area contributed by atoms with Gasteiger partial charge in [-0.25, -0.2) is 4.39 Å². The van der Waals surface area contributed by atoms with Crippen LogP contribution in [0.5, 0.6) is 5.75 Å². The number of likely N-dealkylation sites (N-methyl/N-ethyl adjacent to an activating group) is 1. The molecule has 0 amide bonds. The predicted molar refractivity (Wildman–Crippen MR) is 129 cm³/mol. The van der Waals surface area contributed by atoms with Gasteiger partial charge in [0.15, 0.2) is 5.96 Å². The lowest BCUT2D eigenvalue weighted by Crippen LogP contribution is -2.50. The summed E-state index contributed by atoms with van der Waals surface area (Å²) in [7, 11) is 0. The molecule has 2 N–H and O–H groups in total. The molecule has 1 aliphatic rings. The van der Waals surface area contributed by atoms with E-state index in [0.717, 1.165) is 51.8 Å². The molecule has 0 saturated carbocycles. The van der Waals surface area contributed by atoms with Crippen molar-refractivity contribution >= 4 is 29.9 Å². The summed E-state index contributed by atoms with van der Waals surface area (Å²) < 4.78 is 18.8. The Balaban J connectivity index is 0.00000420. The van der Waals surface area contributed by atoms with Crippen LogP contribution in [0.25, 0.3) is 0 Å². The minimum absolute atomic E-state index is 0. The first kappa shape index (κ1) is 25.9. The fourth-order valence-corrected chi connectivity index (χ4v) is 3.23. The number of ether oxygens (including phenoxy) is 1. The topological polar surface area (TPSA) is 52.1 Å². The molecule has 1 aromatic carbocycles. The Labute approximate surface area is 192 Å². The molecule has 1 saturated heterocycles. The van der Waals surface area contributed by atoms with Crippen molar-refractivity contribution in [2.75, 3.05) is 52.4 Å². The number of nitrogens with zero attached hydrogens (tertiary/aromatic N) is 3. The summed E-state index contributed by atoms with van der Waals surface area (Å²) in [4.78, 5) is 9.75. The van der Waals surface area contributed by atoms with Gasteiger partial charge < -0.3 is 20.3 Å². The van der Waals surface area contributed by atoms with Crippen LogP contribution in [-0.2, 0) is 0 Å². The Kier molecular flexibility index (Phi) is 12.5. The van der Waals surface area contributed by atoms with E-state index < -0.39 is 0 Å². The molecule has 1 aliphatic heterocycles. The number of guanidine groups is 1. The quantitative estimate of drug-likeness (QED) is 0.298. The molecule has 166 valence electrons. The molecule has 0 spiro atoms. The zero-order valence-corrected chi connectivity index (χ0v) is 20.5. The molecule has 1 fully saturated rings. The van der Waals surface area contributed by atoms with Crippen LogP contribution in [-0.4, -0.2) is 80.3 Å². The van der Waals surface area contributed by atoms with Gasteiger partial charge in [0.2, 0.25) is 0 Å². The van der Waals surface area contributed by atoms with Crippen LogP contribution < -0.4 is 15.4 Å². The van der Waals surface area contributed by atoms with E-state index in [-0.39, 0.29) is 35.9 Å². The third-order valence-corrected chi connectivity index (χ3v) is 5.04. The molecule has 0 bridgehead atoms.